The van der Waals surface area contributed by atoms with E-state index in [0.29, 0.717) is 17.3 Å². The minimum Gasteiger partial charge on any atom is -0.480 e. The van der Waals surface area contributed by atoms with Crippen molar-refractivity contribution in [2.45, 2.75) is 32.4 Å². The van der Waals surface area contributed by atoms with Gasteiger partial charge in [0.05, 0.1) is 11.9 Å². The number of carboxylic acid groups (broad SMARTS) is 1. The van der Waals surface area contributed by atoms with Crippen LogP contribution in [0.3, 0.4) is 0 Å². The van der Waals surface area contributed by atoms with E-state index >= 15 is 0 Å². The Bertz CT molecular complexity index is 815. The molecule has 0 radical (unpaired) electrons. The monoisotopic (exact) mass is 342 g/mol. The van der Waals surface area contributed by atoms with Crippen LogP contribution in [0.15, 0.2) is 46.0 Å². The highest BCUT2D eigenvalue weighted by Crippen LogP contribution is 2.25. The van der Waals surface area contributed by atoms with Crippen molar-refractivity contribution < 1.29 is 19.1 Å². The lowest BCUT2D eigenvalue weighted by molar-refractivity contribution is -0.138. The maximum absolute atomic E-state index is 12.4. The first-order chi connectivity index (χ1) is 12.0. The topological polar surface area (TPSA) is 108 Å². The van der Waals surface area contributed by atoms with E-state index in [4.69, 9.17) is 4.42 Å². The van der Waals surface area contributed by atoms with Crippen LogP contribution in [0.4, 0.5) is 5.69 Å². The summed E-state index contributed by atoms with van der Waals surface area (Å²) in [5.74, 6) is -0.436. The normalized spacial score (nSPS) is 17.9. The number of hydrogen-bond donors (Lipinski definition) is 2. The minimum absolute atomic E-state index is 0.0212. The summed E-state index contributed by atoms with van der Waals surface area (Å²) in [5, 5.41) is 17.8. The predicted molar refractivity (Wildman–Crippen MR) is 90.2 cm³/mol. The molecule has 2 N–H and O–H groups in total. The van der Waals surface area contributed by atoms with Gasteiger partial charge in [0, 0.05) is 6.42 Å². The number of hydrogen-bond acceptors (Lipinski definition) is 6. The molecule has 0 saturated heterocycles. The van der Waals surface area contributed by atoms with Gasteiger partial charge in [0.2, 0.25) is 5.89 Å². The van der Waals surface area contributed by atoms with Crippen LogP contribution in [0.25, 0.3) is 0 Å². The molecule has 2 unspecified atom stereocenters. The molecule has 8 heteroatoms. The molecule has 8 nitrogen and oxygen atoms in total. The summed E-state index contributed by atoms with van der Waals surface area (Å²) in [6.07, 6.45) is 1.59. The second-order valence-corrected chi connectivity index (χ2v) is 5.79. The number of benzene rings is 1. The Kier molecular flexibility index (Phi) is 4.51. The van der Waals surface area contributed by atoms with Crippen molar-refractivity contribution in [3.63, 3.8) is 0 Å². The zero-order valence-corrected chi connectivity index (χ0v) is 13.8. The molecule has 1 aliphatic heterocycles. The van der Waals surface area contributed by atoms with E-state index in [0.717, 1.165) is 0 Å². The largest absolute Gasteiger partial charge is 0.480 e. The Hall–Kier alpha value is -3.16. The predicted octanol–water partition coefficient (Wildman–Crippen LogP) is 1.88. The number of oxazole rings is 1. The zero-order chi connectivity index (χ0) is 18.0. The maximum atomic E-state index is 12.4. The first-order valence-electron chi connectivity index (χ1n) is 7.83. The molecule has 0 aliphatic carbocycles. The Balaban J connectivity index is 1.77. The third-order valence-electron chi connectivity index (χ3n) is 3.84. The van der Waals surface area contributed by atoms with Crippen molar-refractivity contribution in [1.82, 2.24) is 10.3 Å². The van der Waals surface area contributed by atoms with Gasteiger partial charge >= 0.3 is 5.97 Å². The van der Waals surface area contributed by atoms with Crippen LogP contribution >= 0.6 is 0 Å². The van der Waals surface area contributed by atoms with E-state index < -0.39 is 24.0 Å². The van der Waals surface area contributed by atoms with Crippen LogP contribution in [-0.2, 0) is 9.59 Å². The molecule has 0 fully saturated rings. The summed E-state index contributed by atoms with van der Waals surface area (Å²) in [4.78, 5) is 28.1. The maximum Gasteiger partial charge on any atom is 0.328 e. The van der Waals surface area contributed by atoms with Gasteiger partial charge in [-0.05, 0) is 26.0 Å². The van der Waals surface area contributed by atoms with Crippen molar-refractivity contribution in [1.29, 1.82) is 0 Å². The third-order valence-corrected chi connectivity index (χ3v) is 3.84. The van der Waals surface area contributed by atoms with Crippen molar-refractivity contribution >= 4 is 23.3 Å². The average molecular weight is 342 g/mol. The molecule has 25 heavy (non-hydrogen) atoms. The third kappa shape index (κ3) is 3.52. The number of hydrazone groups is 1. The number of carbonyl (C=O) groups is 2. The van der Waals surface area contributed by atoms with Crippen LogP contribution in [0.1, 0.15) is 31.0 Å². The summed E-state index contributed by atoms with van der Waals surface area (Å²) < 4.78 is 5.39. The summed E-state index contributed by atoms with van der Waals surface area (Å²) in [5.41, 5.74) is 0.778. The smallest absolute Gasteiger partial charge is 0.328 e. The number of nitrogens with zero attached hydrogens (tertiary/aromatic N) is 3. The van der Waals surface area contributed by atoms with E-state index in [-0.39, 0.29) is 12.1 Å². The van der Waals surface area contributed by atoms with E-state index in [2.05, 4.69) is 15.4 Å². The highest BCUT2D eigenvalue weighted by molar-refractivity contribution is 6.40. The molecule has 130 valence electrons. The molecule has 1 aromatic heterocycles. The van der Waals surface area contributed by atoms with Crippen LogP contribution in [0.2, 0.25) is 0 Å². The molecular formula is C17H18N4O4. The lowest BCUT2D eigenvalue weighted by Gasteiger charge is -2.19. The lowest BCUT2D eigenvalue weighted by atomic mass is 10.1. The van der Waals surface area contributed by atoms with E-state index in [1.54, 1.807) is 44.3 Å². The van der Waals surface area contributed by atoms with E-state index in [1.807, 2.05) is 6.07 Å². The van der Waals surface area contributed by atoms with Gasteiger partial charge in [-0.3, -0.25) is 9.80 Å². The summed E-state index contributed by atoms with van der Waals surface area (Å²) in [6, 6.07) is 7.54. The van der Waals surface area contributed by atoms with Crippen LogP contribution < -0.4 is 10.3 Å². The molecular weight excluding hydrogens is 324 g/mol. The molecule has 0 spiro atoms. The van der Waals surface area contributed by atoms with Gasteiger partial charge in [-0.15, -0.1) is 0 Å². The number of carbonyl (C=O) groups excluding carboxylic acids is 1. The molecule has 2 aromatic rings. The fraction of sp³-hybridized carbons (Fsp3) is 0.294. The number of para-hydroxylation sites is 1. The SMILES string of the molecule is Cc1cnc(C(C)NC(=O)C2=NN(c3ccccc3)C(C(=O)O)C2)o1. The Morgan fingerprint density at radius 3 is 2.68 bits per heavy atom. The van der Waals surface area contributed by atoms with Crippen molar-refractivity contribution in [3.05, 3.63) is 48.2 Å². The number of rotatable bonds is 5. The van der Waals surface area contributed by atoms with Crippen molar-refractivity contribution in [3.8, 4) is 0 Å². The molecule has 0 saturated carbocycles. The van der Waals surface area contributed by atoms with Gasteiger partial charge in [0.25, 0.3) is 5.91 Å². The molecule has 1 amide bonds. The first-order valence-corrected chi connectivity index (χ1v) is 7.83. The van der Waals surface area contributed by atoms with Gasteiger partial charge in [-0.25, -0.2) is 9.78 Å². The van der Waals surface area contributed by atoms with Crippen molar-refractivity contribution in [2.75, 3.05) is 5.01 Å². The fourth-order valence-electron chi connectivity index (χ4n) is 2.57. The second kappa shape index (κ2) is 6.76. The number of aromatic nitrogens is 1. The highest BCUT2D eigenvalue weighted by atomic mass is 16.4. The number of nitrogens with one attached hydrogen (secondary N) is 1. The summed E-state index contributed by atoms with van der Waals surface area (Å²) >= 11 is 0. The Morgan fingerprint density at radius 2 is 2.08 bits per heavy atom. The number of carboxylic acids is 1. The van der Waals surface area contributed by atoms with Gasteiger partial charge in [0.1, 0.15) is 17.5 Å². The van der Waals surface area contributed by atoms with Gasteiger partial charge in [0.15, 0.2) is 6.04 Å². The second-order valence-electron chi connectivity index (χ2n) is 5.79. The zero-order valence-electron chi connectivity index (χ0n) is 13.8. The van der Waals surface area contributed by atoms with Gasteiger partial charge in [-0.1, -0.05) is 18.2 Å². The van der Waals surface area contributed by atoms with Crippen LogP contribution in [-0.4, -0.2) is 33.7 Å². The Labute approximate surface area is 144 Å². The molecule has 3 rings (SSSR count). The van der Waals surface area contributed by atoms with E-state index in [1.165, 1.54) is 5.01 Å². The van der Waals surface area contributed by atoms with Gasteiger partial charge < -0.3 is 14.8 Å². The first kappa shape index (κ1) is 16.7. The number of amides is 1. The number of aliphatic carboxylic acids is 1. The van der Waals surface area contributed by atoms with Crippen molar-refractivity contribution in [2.24, 2.45) is 5.10 Å². The number of anilines is 1. The van der Waals surface area contributed by atoms with Gasteiger partial charge in [-0.2, -0.15) is 5.10 Å². The molecule has 1 aromatic carbocycles. The van der Waals surface area contributed by atoms with Crippen LogP contribution in [0, 0.1) is 6.92 Å². The van der Waals surface area contributed by atoms with Crippen LogP contribution in [0.5, 0.6) is 0 Å². The molecule has 2 atom stereocenters. The summed E-state index contributed by atoms with van der Waals surface area (Å²) in [7, 11) is 0. The van der Waals surface area contributed by atoms with E-state index in [9.17, 15) is 14.7 Å². The number of aryl methyl sites for hydroxylation is 1. The fourth-order valence-corrected chi connectivity index (χ4v) is 2.57. The molecule has 2 heterocycles. The minimum atomic E-state index is -1.04. The Morgan fingerprint density at radius 1 is 1.36 bits per heavy atom. The molecule has 1 aliphatic rings. The lowest BCUT2D eigenvalue weighted by Crippen LogP contribution is -2.36. The standard InChI is InChI=1S/C17H18N4O4/c1-10-9-18-16(25-10)11(2)19-15(22)13-8-14(17(23)24)21(20-13)12-6-4-3-5-7-12/h3-7,9,11,14H,8H2,1-2H3,(H,19,22)(H,23,24). The molecule has 0 bridgehead atoms. The average Bonchev–Trinajstić information content (AvgIpc) is 3.22. The highest BCUT2D eigenvalue weighted by Gasteiger charge is 2.36. The summed E-state index contributed by atoms with van der Waals surface area (Å²) in [6.45, 7) is 3.50. The quantitative estimate of drug-likeness (QED) is 0.859.